The molecule has 1 aliphatic rings. The molecule has 3 heteroatoms. The summed E-state index contributed by atoms with van der Waals surface area (Å²) in [7, 11) is 0. The van der Waals surface area contributed by atoms with Crippen LogP contribution in [0.25, 0.3) is 0 Å². The maximum Gasteiger partial charge on any atom is 0.333 e. The fourth-order valence-corrected chi connectivity index (χ4v) is 1.78. The average molecular weight is 184 g/mol. The molecule has 1 rings (SSSR count). The smallest absolute Gasteiger partial charge is 0.333 e. The highest BCUT2D eigenvalue weighted by atomic mass is 16.4. The Morgan fingerprint density at radius 3 is 2.38 bits per heavy atom. The number of carbonyl (C=O) groups is 1. The van der Waals surface area contributed by atoms with E-state index in [1.807, 2.05) is 0 Å². The summed E-state index contributed by atoms with van der Waals surface area (Å²) in [6, 6.07) is 0. The van der Waals surface area contributed by atoms with E-state index in [4.69, 9.17) is 10.2 Å². The van der Waals surface area contributed by atoms with Gasteiger partial charge in [0.1, 0.15) is 0 Å². The van der Waals surface area contributed by atoms with E-state index in [9.17, 15) is 4.79 Å². The van der Waals surface area contributed by atoms with Gasteiger partial charge in [-0.2, -0.15) is 0 Å². The average Bonchev–Trinajstić information content (AvgIpc) is 2.15. The van der Waals surface area contributed by atoms with Crippen molar-refractivity contribution >= 4 is 5.97 Å². The Bertz CT molecular complexity index is 202. The maximum absolute atomic E-state index is 10.6. The van der Waals surface area contributed by atoms with Gasteiger partial charge < -0.3 is 10.2 Å². The lowest BCUT2D eigenvalue weighted by Crippen LogP contribution is -2.10. The van der Waals surface area contributed by atoms with Crippen molar-refractivity contribution < 1.29 is 15.0 Å². The summed E-state index contributed by atoms with van der Waals surface area (Å²) >= 11 is 0. The van der Waals surface area contributed by atoms with Gasteiger partial charge in [-0.1, -0.05) is 25.3 Å². The Balaban J connectivity index is 2.54. The third-order valence-electron chi connectivity index (χ3n) is 2.53. The standard InChI is InChI=1S/C10H16O3/c11-7-9(10(12)13)6-8-4-2-1-3-5-8/h6,8,11H,1-5,7H2,(H,12,13)/b9-6-. The van der Waals surface area contributed by atoms with Crippen LogP contribution in [-0.4, -0.2) is 22.8 Å². The van der Waals surface area contributed by atoms with E-state index < -0.39 is 5.97 Å². The summed E-state index contributed by atoms with van der Waals surface area (Å²) in [5, 5.41) is 17.5. The molecule has 74 valence electrons. The monoisotopic (exact) mass is 184 g/mol. The van der Waals surface area contributed by atoms with Crippen molar-refractivity contribution in [2.24, 2.45) is 5.92 Å². The minimum atomic E-state index is -0.993. The van der Waals surface area contributed by atoms with Gasteiger partial charge in [-0.15, -0.1) is 0 Å². The largest absolute Gasteiger partial charge is 0.478 e. The van der Waals surface area contributed by atoms with Crippen LogP contribution in [0.3, 0.4) is 0 Å². The van der Waals surface area contributed by atoms with Crippen LogP contribution in [0, 0.1) is 5.92 Å². The number of hydrogen-bond donors (Lipinski definition) is 2. The summed E-state index contributed by atoms with van der Waals surface area (Å²) in [5.41, 5.74) is 0.145. The first-order chi connectivity index (χ1) is 6.24. The summed E-state index contributed by atoms with van der Waals surface area (Å²) in [6.45, 7) is -0.355. The number of aliphatic carboxylic acids is 1. The van der Waals surface area contributed by atoms with Crippen LogP contribution in [0.2, 0.25) is 0 Å². The molecule has 3 nitrogen and oxygen atoms in total. The van der Waals surface area contributed by atoms with Crippen LogP contribution in [0.1, 0.15) is 32.1 Å². The zero-order chi connectivity index (χ0) is 9.68. The Kier molecular flexibility index (Phi) is 3.96. The van der Waals surface area contributed by atoms with Crippen LogP contribution < -0.4 is 0 Å². The fraction of sp³-hybridized carbons (Fsp3) is 0.700. The van der Waals surface area contributed by atoms with Crippen molar-refractivity contribution in [2.45, 2.75) is 32.1 Å². The minimum absolute atomic E-state index is 0.145. The Labute approximate surface area is 78.1 Å². The van der Waals surface area contributed by atoms with E-state index in [2.05, 4.69) is 0 Å². The van der Waals surface area contributed by atoms with Crippen molar-refractivity contribution in [2.75, 3.05) is 6.61 Å². The lowest BCUT2D eigenvalue weighted by atomic mass is 9.88. The van der Waals surface area contributed by atoms with Crippen LogP contribution in [0.4, 0.5) is 0 Å². The van der Waals surface area contributed by atoms with Crippen molar-refractivity contribution in [3.8, 4) is 0 Å². The van der Waals surface area contributed by atoms with E-state index >= 15 is 0 Å². The summed E-state index contributed by atoms with van der Waals surface area (Å²) in [4.78, 5) is 10.6. The Morgan fingerprint density at radius 2 is 1.92 bits per heavy atom. The highest BCUT2D eigenvalue weighted by Crippen LogP contribution is 2.25. The third-order valence-corrected chi connectivity index (χ3v) is 2.53. The number of hydrogen-bond acceptors (Lipinski definition) is 2. The predicted octanol–water partition coefficient (Wildman–Crippen LogP) is 1.57. The predicted molar refractivity (Wildman–Crippen MR) is 49.4 cm³/mol. The van der Waals surface area contributed by atoms with Gasteiger partial charge in [-0.3, -0.25) is 0 Å². The molecule has 13 heavy (non-hydrogen) atoms. The quantitative estimate of drug-likeness (QED) is 0.654. The van der Waals surface area contributed by atoms with Gasteiger partial charge in [0.2, 0.25) is 0 Å². The van der Waals surface area contributed by atoms with E-state index in [0.29, 0.717) is 5.92 Å². The van der Waals surface area contributed by atoms with Gasteiger partial charge in [0.15, 0.2) is 0 Å². The molecular formula is C10H16O3. The highest BCUT2D eigenvalue weighted by molar-refractivity contribution is 5.86. The molecule has 0 spiro atoms. The molecular weight excluding hydrogens is 168 g/mol. The van der Waals surface area contributed by atoms with E-state index in [-0.39, 0.29) is 12.2 Å². The van der Waals surface area contributed by atoms with E-state index in [0.717, 1.165) is 12.8 Å². The topological polar surface area (TPSA) is 57.5 Å². The molecule has 0 aliphatic heterocycles. The van der Waals surface area contributed by atoms with Crippen LogP contribution in [0.15, 0.2) is 11.6 Å². The molecule has 0 aromatic heterocycles. The molecule has 0 saturated heterocycles. The third kappa shape index (κ3) is 3.19. The number of rotatable bonds is 3. The van der Waals surface area contributed by atoms with Crippen LogP contribution >= 0.6 is 0 Å². The second-order valence-corrected chi connectivity index (χ2v) is 3.55. The molecule has 0 unspecified atom stereocenters. The zero-order valence-corrected chi connectivity index (χ0v) is 7.70. The summed E-state index contributed by atoms with van der Waals surface area (Å²) in [5.74, 6) is -0.625. The molecule has 0 aromatic carbocycles. The molecule has 1 fully saturated rings. The second kappa shape index (κ2) is 5.02. The maximum atomic E-state index is 10.6. The number of carboxylic acid groups (broad SMARTS) is 1. The van der Waals surface area contributed by atoms with Gasteiger partial charge in [0, 0.05) is 0 Å². The van der Waals surface area contributed by atoms with Gasteiger partial charge in [-0.25, -0.2) is 4.79 Å². The molecule has 0 atom stereocenters. The van der Waals surface area contributed by atoms with Gasteiger partial charge >= 0.3 is 5.97 Å². The first-order valence-electron chi connectivity index (χ1n) is 4.79. The minimum Gasteiger partial charge on any atom is -0.478 e. The fourth-order valence-electron chi connectivity index (χ4n) is 1.78. The van der Waals surface area contributed by atoms with Crippen molar-refractivity contribution in [1.29, 1.82) is 0 Å². The van der Waals surface area contributed by atoms with Crippen LogP contribution in [0.5, 0.6) is 0 Å². The summed E-state index contributed by atoms with van der Waals surface area (Å²) < 4.78 is 0. The Hall–Kier alpha value is -0.830. The summed E-state index contributed by atoms with van der Waals surface area (Å²) in [6.07, 6.45) is 7.47. The number of carboxylic acids is 1. The van der Waals surface area contributed by atoms with Crippen LogP contribution in [-0.2, 0) is 4.79 Å². The lowest BCUT2D eigenvalue weighted by molar-refractivity contribution is -0.133. The molecule has 1 saturated carbocycles. The molecule has 2 N–H and O–H groups in total. The van der Waals surface area contributed by atoms with Gasteiger partial charge in [0.25, 0.3) is 0 Å². The highest BCUT2D eigenvalue weighted by Gasteiger charge is 2.14. The van der Waals surface area contributed by atoms with Crippen molar-refractivity contribution in [1.82, 2.24) is 0 Å². The zero-order valence-electron chi connectivity index (χ0n) is 7.70. The first-order valence-corrected chi connectivity index (χ1v) is 4.79. The number of aliphatic hydroxyl groups is 1. The normalized spacial score (nSPS) is 20.2. The number of allylic oxidation sites excluding steroid dienone is 1. The van der Waals surface area contributed by atoms with Gasteiger partial charge in [0.05, 0.1) is 12.2 Å². The SMILES string of the molecule is O=C(O)/C(=C\C1CCCCC1)CO. The lowest BCUT2D eigenvalue weighted by Gasteiger charge is -2.18. The van der Waals surface area contributed by atoms with E-state index in [1.54, 1.807) is 6.08 Å². The molecule has 0 bridgehead atoms. The second-order valence-electron chi connectivity index (χ2n) is 3.55. The molecule has 0 amide bonds. The van der Waals surface area contributed by atoms with E-state index in [1.165, 1.54) is 19.3 Å². The first kappa shape index (κ1) is 10.3. The molecule has 0 aromatic rings. The molecule has 0 heterocycles. The van der Waals surface area contributed by atoms with Crippen molar-refractivity contribution in [3.05, 3.63) is 11.6 Å². The molecule has 0 radical (unpaired) electrons. The van der Waals surface area contributed by atoms with Gasteiger partial charge in [-0.05, 0) is 18.8 Å². The van der Waals surface area contributed by atoms with Crippen molar-refractivity contribution in [3.63, 3.8) is 0 Å². The Morgan fingerprint density at radius 1 is 1.31 bits per heavy atom. The molecule has 1 aliphatic carbocycles. The number of aliphatic hydroxyl groups excluding tert-OH is 1.